The molecule has 0 atom stereocenters. The summed E-state index contributed by atoms with van der Waals surface area (Å²) in [6.07, 6.45) is 3.45. The molecule has 9 heteroatoms. The van der Waals surface area contributed by atoms with E-state index in [2.05, 4.69) is 33.1 Å². The summed E-state index contributed by atoms with van der Waals surface area (Å²) in [4.78, 5) is 13.0. The molecule has 1 fully saturated rings. The van der Waals surface area contributed by atoms with E-state index in [4.69, 9.17) is 9.47 Å². The van der Waals surface area contributed by atoms with Crippen LogP contribution in [0.25, 0.3) is 5.69 Å². The van der Waals surface area contributed by atoms with Crippen LogP contribution in [-0.2, 0) is 5.54 Å². The number of carbonyl (C=O) groups is 1. The van der Waals surface area contributed by atoms with Gasteiger partial charge in [0, 0.05) is 11.8 Å². The zero-order chi connectivity index (χ0) is 22.0. The summed E-state index contributed by atoms with van der Waals surface area (Å²) in [5.74, 6) is 2.57. The van der Waals surface area contributed by atoms with Crippen LogP contribution in [0.2, 0.25) is 0 Å². The van der Waals surface area contributed by atoms with Crippen LogP contribution in [0.4, 0.5) is 10.5 Å². The number of nitrogens with zero attached hydrogens (tertiary/aromatic N) is 4. The Labute approximate surface area is 186 Å². The number of para-hydroxylation sites is 1. The topological polar surface area (TPSA) is 103 Å². The minimum absolute atomic E-state index is 0.275. The third kappa shape index (κ3) is 3.98. The zero-order valence-electron chi connectivity index (χ0n) is 18.0. The smallest absolute Gasteiger partial charge is 0.320 e. The fourth-order valence-corrected chi connectivity index (χ4v) is 4.38. The lowest BCUT2D eigenvalue weighted by Crippen LogP contribution is -2.51. The molecule has 1 aliphatic heterocycles. The zero-order valence-corrected chi connectivity index (χ0v) is 18.0. The SMILES string of the molecule is CC1CCC(NC(=O)Nc2ccccc2)(c2nnnn2-c2ccc3c(c2)OCCO3)CC1. The standard InChI is InChI=1S/C23H26N6O3/c1-16-9-11-23(12-10-16,25-22(30)24-17-5-3-2-4-6-17)21-26-27-28-29(21)18-7-8-19-20(15-18)32-14-13-31-19/h2-8,15-16H,9-14H2,1H3,(H2,24,25,30). The summed E-state index contributed by atoms with van der Waals surface area (Å²) < 4.78 is 13.1. The van der Waals surface area contributed by atoms with E-state index >= 15 is 0 Å². The molecule has 2 aromatic carbocycles. The minimum atomic E-state index is -0.678. The van der Waals surface area contributed by atoms with Crippen LogP contribution in [0.3, 0.4) is 0 Å². The van der Waals surface area contributed by atoms with Crippen molar-refractivity contribution in [2.45, 2.75) is 38.1 Å². The van der Waals surface area contributed by atoms with Crippen molar-refractivity contribution >= 4 is 11.7 Å². The number of fused-ring (bicyclic) bond motifs is 1. The second-order valence-corrected chi connectivity index (χ2v) is 8.45. The molecular formula is C23H26N6O3. The molecule has 2 heterocycles. The maximum atomic E-state index is 13.0. The monoisotopic (exact) mass is 434 g/mol. The largest absolute Gasteiger partial charge is 0.486 e. The van der Waals surface area contributed by atoms with Crippen LogP contribution in [0, 0.1) is 5.92 Å². The number of benzene rings is 2. The van der Waals surface area contributed by atoms with Crippen molar-refractivity contribution in [3.05, 3.63) is 54.4 Å². The van der Waals surface area contributed by atoms with Crippen LogP contribution >= 0.6 is 0 Å². The van der Waals surface area contributed by atoms with Gasteiger partial charge in [0.1, 0.15) is 18.8 Å². The number of urea groups is 1. The molecule has 0 spiro atoms. The molecule has 0 unspecified atom stereocenters. The van der Waals surface area contributed by atoms with Crippen molar-refractivity contribution in [3.8, 4) is 17.2 Å². The number of hydrogen-bond donors (Lipinski definition) is 2. The molecule has 0 bridgehead atoms. The number of amides is 2. The van der Waals surface area contributed by atoms with E-state index in [0.717, 1.165) is 37.1 Å². The van der Waals surface area contributed by atoms with Crippen molar-refractivity contribution in [3.63, 3.8) is 0 Å². The third-order valence-electron chi connectivity index (χ3n) is 6.18. The van der Waals surface area contributed by atoms with Gasteiger partial charge in [0.2, 0.25) is 0 Å². The van der Waals surface area contributed by atoms with Gasteiger partial charge in [0.05, 0.1) is 5.69 Å². The first kappa shape index (κ1) is 20.3. The lowest BCUT2D eigenvalue weighted by atomic mass is 9.76. The van der Waals surface area contributed by atoms with Gasteiger partial charge in [0.25, 0.3) is 0 Å². The normalized spacial score (nSPS) is 22.2. The Morgan fingerprint density at radius 2 is 1.81 bits per heavy atom. The Hall–Kier alpha value is -3.62. The first-order chi connectivity index (χ1) is 15.6. The number of rotatable bonds is 4. The number of carbonyl (C=O) groups excluding carboxylic acids is 1. The van der Waals surface area contributed by atoms with E-state index in [1.54, 1.807) is 4.68 Å². The number of ether oxygens (including phenoxy) is 2. The highest BCUT2D eigenvalue weighted by Crippen LogP contribution is 2.40. The van der Waals surface area contributed by atoms with Gasteiger partial charge in [-0.25, -0.2) is 4.79 Å². The van der Waals surface area contributed by atoms with Gasteiger partial charge >= 0.3 is 6.03 Å². The van der Waals surface area contributed by atoms with Crippen LogP contribution < -0.4 is 20.1 Å². The number of nitrogens with one attached hydrogen (secondary N) is 2. The fraction of sp³-hybridized carbons (Fsp3) is 0.391. The van der Waals surface area contributed by atoms with E-state index < -0.39 is 5.54 Å². The number of hydrogen-bond acceptors (Lipinski definition) is 6. The Bertz CT molecular complexity index is 1090. The molecule has 0 radical (unpaired) electrons. The summed E-state index contributed by atoms with van der Waals surface area (Å²) in [6, 6.07) is 14.8. The van der Waals surface area contributed by atoms with Gasteiger partial charge in [-0.15, -0.1) is 5.10 Å². The average molecular weight is 435 g/mol. The fourth-order valence-electron chi connectivity index (χ4n) is 4.38. The highest BCUT2D eigenvalue weighted by Gasteiger charge is 2.42. The third-order valence-corrected chi connectivity index (χ3v) is 6.18. The predicted octanol–water partition coefficient (Wildman–Crippen LogP) is 3.66. The molecule has 3 aromatic rings. The first-order valence-corrected chi connectivity index (χ1v) is 11.0. The number of tetrazole rings is 1. The van der Waals surface area contributed by atoms with Crippen LogP contribution in [0.15, 0.2) is 48.5 Å². The van der Waals surface area contributed by atoms with Gasteiger partial charge < -0.3 is 20.1 Å². The van der Waals surface area contributed by atoms with Crippen molar-refractivity contribution in [2.75, 3.05) is 18.5 Å². The van der Waals surface area contributed by atoms with Crippen molar-refractivity contribution in [1.29, 1.82) is 0 Å². The van der Waals surface area contributed by atoms with Gasteiger partial charge in [0.15, 0.2) is 17.3 Å². The van der Waals surface area contributed by atoms with Gasteiger partial charge in [-0.3, -0.25) is 0 Å². The molecule has 9 nitrogen and oxygen atoms in total. The van der Waals surface area contributed by atoms with Gasteiger partial charge in [-0.05, 0) is 66.3 Å². The Kier molecular flexibility index (Phi) is 5.38. The molecule has 2 N–H and O–H groups in total. The van der Waals surface area contributed by atoms with Crippen molar-refractivity contribution in [2.24, 2.45) is 5.92 Å². The number of anilines is 1. The molecule has 0 saturated heterocycles. The summed E-state index contributed by atoms with van der Waals surface area (Å²) >= 11 is 0. The van der Waals surface area contributed by atoms with E-state index in [1.807, 2.05) is 48.5 Å². The molecule has 32 heavy (non-hydrogen) atoms. The maximum absolute atomic E-state index is 13.0. The quantitative estimate of drug-likeness (QED) is 0.650. The molecule has 1 aromatic heterocycles. The lowest BCUT2D eigenvalue weighted by Gasteiger charge is -2.38. The van der Waals surface area contributed by atoms with Crippen molar-refractivity contribution in [1.82, 2.24) is 25.5 Å². The van der Waals surface area contributed by atoms with Gasteiger partial charge in [-0.2, -0.15) is 4.68 Å². The maximum Gasteiger partial charge on any atom is 0.320 e. The molecular weight excluding hydrogens is 408 g/mol. The van der Waals surface area contributed by atoms with E-state index in [9.17, 15) is 4.79 Å². The molecule has 2 amide bonds. The highest BCUT2D eigenvalue weighted by molar-refractivity contribution is 5.89. The molecule has 166 valence electrons. The second-order valence-electron chi connectivity index (χ2n) is 8.45. The van der Waals surface area contributed by atoms with Crippen LogP contribution in [-0.4, -0.2) is 39.5 Å². The van der Waals surface area contributed by atoms with Gasteiger partial charge in [-0.1, -0.05) is 25.1 Å². The minimum Gasteiger partial charge on any atom is -0.486 e. The number of aromatic nitrogens is 4. The lowest BCUT2D eigenvalue weighted by molar-refractivity contribution is 0.171. The summed E-state index contributed by atoms with van der Waals surface area (Å²) in [7, 11) is 0. The Morgan fingerprint density at radius 1 is 1.06 bits per heavy atom. The summed E-state index contributed by atoms with van der Waals surface area (Å²) in [5.41, 5.74) is 0.815. The van der Waals surface area contributed by atoms with Crippen molar-refractivity contribution < 1.29 is 14.3 Å². The summed E-state index contributed by atoms with van der Waals surface area (Å²) in [6.45, 7) is 3.27. The van der Waals surface area contributed by atoms with E-state index in [-0.39, 0.29) is 6.03 Å². The predicted molar refractivity (Wildman–Crippen MR) is 118 cm³/mol. The molecule has 1 aliphatic carbocycles. The van der Waals surface area contributed by atoms with E-state index in [1.165, 1.54) is 0 Å². The highest BCUT2D eigenvalue weighted by atomic mass is 16.6. The Morgan fingerprint density at radius 3 is 2.59 bits per heavy atom. The van der Waals surface area contributed by atoms with Crippen LogP contribution in [0.1, 0.15) is 38.4 Å². The summed E-state index contributed by atoms with van der Waals surface area (Å²) in [5, 5.41) is 18.7. The van der Waals surface area contributed by atoms with Crippen LogP contribution in [0.5, 0.6) is 11.5 Å². The molecule has 5 rings (SSSR count). The average Bonchev–Trinajstić information content (AvgIpc) is 3.32. The first-order valence-electron chi connectivity index (χ1n) is 11.0. The van der Waals surface area contributed by atoms with E-state index in [0.29, 0.717) is 36.5 Å². The molecule has 2 aliphatic rings. The second kappa shape index (κ2) is 8.49. The Balaban J connectivity index is 1.47. The molecule has 1 saturated carbocycles.